The van der Waals surface area contributed by atoms with E-state index < -0.39 is 5.97 Å². The number of aromatic amines is 1. The van der Waals surface area contributed by atoms with Crippen molar-refractivity contribution in [3.05, 3.63) is 29.2 Å². The maximum absolute atomic E-state index is 12.2. The van der Waals surface area contributed by atoms with E-state index in [1.165, 1.54) is 7.11 Å². The van der Waals surface area contributed by atoms with Gasteiger partial charge in [-0.1, -0.05) is 5.21 Å². The Morgan fingerprint density at radius 2 is 2.17 bits per heavy atom. The molecule has 7 heteroatoms. The Morgan fingerprint density at radius 3 is 2.78 bits per heavy atom. The lowest BCUT2D eigenvalue weighted by atomic mass is 10.0. The number of aromatic nitrogens is 5. The van der Waals surface area contributed by atoms with Gasteiger partial charge in [-0.3, -0.25) is 0 Å². The van der Waals surface area contributed by atoms with Crippen molar-refractivity contribution in [2.75, 3.05) is 7.11 Å². The summed E-state index contributed by atoms with van der Waals surface area (Å²) in [5.41, 5.74) is 4.52. The summed E-state index contributed by atoms with van der Waals surface area (Å²) in [7, 11) is 3.21. The van der Waals surface area contributed by atoms with Gasteiger partial charge in [-0.2, -0.15) is 0 Å². The minimum atomic E-state index is -0.390. The van der Waals surface area contributed by atoms with Crippen LogP contribution >= 0.6 is 0 Å². The summed E-state index contributed by atoms with van der Waals surface area (Å²) in [6.07, 6.45) is 2.29. The van der Waals surface area contributed by atoms with Crippen molar-refractivity contribution < 1.29 is 9.53 Å². The molecule has 23 heavy (non-hydrogen) atoms. The second-order valence-electron chi connectivity index (χ2n) is 5.95. The quantitative estimate of drug-likeness (QED) is 0.750. The van der Waals surface area contributed by atoms with Crippen molar-refractivity contribution in [2.24, 2.45) is 7.05 Å². The third-order valence-corrected chi connectivity index (χ3v) is 4.24. The first-order valence-electron chi connectivity index (χ1n) is 7.57. The normalized spacial score (nSPS) is 14.4. The minimum absolute atomic E-state index is 0.390. The Morgan fingerprint density at radius 1 is 1.39 bits per heavy atom. The molecule has 0 aliphatic heterocycles. The highest BCUT2D eigenvalue weighted by Crippen LogP contribution is 2.40. The maximum atomic E-state index is 12.2. The SMILES string of the molecule is COC(=O)c1cc(-c2c(C)nnn2C)cc2[nH]c(C3CC3)nc12. The highest BCUT2D eigenvalue weighted by Gasteiger charge is 2.28. The van der Waals surface area contributed by atoms with Crippen LogP contribution in [0.25, 0.3) is 22.3 Å². The second-order valence-corrected chi connectivity index (χ2v) is 5.95. The average molecular weight is 311 g/mol. The lowest BCUT2D eigenvalue weighted by Gasteiger charge is -2.06. The number of hydrogen-bond donors (Lipinski definition) is 1. The molecular weight excluding hydrogens is 294 g/mol. The molecule has 3 aromatic rings. The van der Waals surface area contributed by atoms with Gasteiger partial charge < -0.3 is 9.72 Å². The molecule has 0 amide bonds. The van der Waals surface area contributed by atoms with E-state index >= 15 is 0 Å². The van der Waals surface area contributed by atoms with Crippen LogP contribution in [0.5, 0.6) is 0 Å². The molecule has 1 aliphatic rings. The summed E-state index contributed by atoms with van der Waals surface area (Å²) in [5, 5.41) is 8.12. The molecular formula is C16H17N5O2. The number of H-pyrrole nitrogens is 1. The average Bonchev–Trinajstić information content (AvgIpc) is 3.22. The van der Waals surface area contributed by atoms with Gasteiger partial charge in [-0.05, 0) is 31.9 Å². The Labute approximate surface area is 132 Å². The predicted molar refractivity (Wildman–Crippen MR) is 84.1 cm³/mol. The molecule has 2 aromatic heterocycles. The third-order valence-electron chi connectivity index (χ3n) is 4.24. The van der Waals surface area contributed by atoms with Crippen LogP contribution in [-0.4, -0.2) is 38.0 Å². The number of methoxy groups -OCH3 is 1. The van der Waals surface area contributed by atoms with Crippen LogP contribution in [0.3, 0.4) is 0 Å². The predicted octanol–water partition coefficient (Wildman–Crippen LogP) is 2.33. The van der Waals surface area contributed by atoms with Crippen molar-refractivity contribution >= 4 is 17.0 Å². The van der Waals surface area contributed by atoms with Crippen molar-refractivity contribution in [2.45, 2.75) is 25.7 Å². The van der Waals surface area contributed by atoms with Gasteiger partial charge in [-0.25, -0.2) is 14.5 Å². The molecule has 0 unspecified atom stereocenters. The number of fused-ring (bicyclic) bond motifs is 1. The van der Waals surface area contributed by atoms with Crippen LogP contribution < -0.4 is 0 Å². The lowest BCUT2D eigenvalue weighted by molar-refractivity contribution is 0.0603. The molecule has 118 valence electrons. The van der Waals surface area contributed by atoms with Gasteiger partial charge >= 0.3 is 5.97 Å². The second kappa shape index (κ2) is 4.91. The number of ether oxygens (including phenoxy) is 1. The van der Waals surface area contributed by atoms with Gasteiger partial charge in [0.05, 0.1) is 29.6 Å². The van der Waals surface area contributed by atoms with E-state index in [2.05, 4.69) is 20.3 Å². The molecule has 0 saturated heterocycles. The first-order chi connectivity index (χ1) is 11.1. The van der Waals surface area contributed by atoms with Crippen LogP contribution in [0.1, 0.15) is 40.6 Å². The molecule has 0 bridgehead atoms. The largest absolute Gasteiger partial charge is 0.465 e. The van der Waals surface area contributed by atoms with Crippen LogP contribution in [-0.2, 0) is 11.8 Å². The fourth-order valence-electron chi connectivity index (χ4n) is 2.95. The van der Waals surface area contributed by atoms with Gasteiger partial charge in [0.1, 0.15) is 11.3 Å². The molecule has 4 rings (SSSR count). The number of rotatable bonds is 3. The number of nitrogens with one attached hydrogen (secondary N) is 1. The van der Waals surface area contributed by atoms with Crippen molar-refractivity contribution in [3.63, 3.8) is 0 Å². The van der Waals surface area contributed by atoms with Crippen LogP contribution in [0.4, 0.5) is 0 Å². The van der Waals surface area contributed by atoms with Gasteiger partial charge in [0.15, 0.2) is 0 Å². The Hall–Kier alpha value is -2.70. The summed E-state index contributed by atoms with van der Waals surface area (Å²) in [4.78, 5) is 20.2. The van der Waals surface area contributed by atoms with E-state index in [1.807, 2.05) is 20.0 Å². The molecule has 1 saturated carbocycles. The number of carbonyl (C=O) groups is 1. The van der Waals surface area contributed by atoms with Gasteiger partial charge in [-0.15, -0.1) is 5.10 Å². The molecule has 2 heterocycles. The summed E-state index contributed by atoms with van der Waals surface area (Å²) in [5.74, 6) is 1.04. The Balaban J connectivity index is 1.97. The van der Waals surface area contributed by atoms with E-state index in [0.717, 1.165) is 41.1 Å². The number of imidazole rings is 1. The molecule has 1 aliphatic carbocycles. The summed E-state index contributed by atoms with van der Waals surface area (Å²) in [6, 6.07) is 3.80. The minimum Gasteiger partial charge on any atom is -0.465 e. The molecule has 1 fully saturated rings. The first-order valence-corrected chi connectivity index (χ1v) is 7.57. The van der Waals surface area contributed by atoms with E-state index in [0.29, 0.717) is 17.0 Å². The molecule has 1 aromatic carbocycles. The number of hydrogen-bond acceptors (Lipinski definition) is 5. The monoisotopic (exact) mass is 311 g/mol. The summed E-state index contributed by atoms with van der Waals surface area (Å²) >= 11 is 0. The molecule has 0 radical (unpaired) electrons. The van der Waals surface area contributed by atoms with Gasteiger partial charge in [0.2, 0.25) is 0 Å². The van der Waals surface area contributed by atoms with Gasteiger partial charge in [0, 0.05) is 18.5 Å². The van der Waals surface area contributed by atoms with E-state index in [1.54, 1.807) is 10.7 Å². The van der Waals surface area contributed by atoms with Crippen LogP contribution in [0.2, 0.25) is 0 Å². The van der Waals surface area contributed by atoms with Gasteiger partial charge in [0.25, 0.3) is 0 Å². The number of aryl methyl sites for hydroxylation is 2. The lowest BCUT2D eigenvalue weighted by Crippen LogP contribution is -2.04. The van der Waals surface area contributed by atoms with E-state index in [9.17, 15) is 4.79 Å². The fourth-order valence-corrected chi connectivity index (χ4v) is 2.95. The van der Waals surface area contributed by atoms with Crippen molar-refractivity contribution in [1.29, 1.82) is 0 Å². The molecule has 7 nitrogen and oxygen atoms in total. The number of benzene rings is 1. The number of esters is 1. The fraction of sp³-hybridized carbons (Fsp3) is 0.375. The zero-order valence-corrected chi connectivity index (χ0v) is 13.3. The van der Waals surface area contributed by atoms with Crippen molar-refractivity contribution in [1.82, 2.24) is 25.0 Å². The van der Waals surface area contributed by atoms with Crippen LogP contribution in [0.15, 0.2) is 12.1 Å². The number of nitrogens with zero attached hydrogens (tertiary/aromatic N) is 4. The first kappa shape index (κ1) is 13.9. The number of carbonyl (C=O) groups excluding carboxylic acids is 1. The molecule has 0 atom stereocenters. The topological polar surface area (TPSA) is 85.7 Å². The van der Waals surface area contributed by atoms with Crippen LogP contribution in [0, 0.1) is 6.92 Å². The summed E-state index contributed by atoms with van der Waals surface area (Å²) in [6.45, 7) is 1.90. The standard InChI is InChI=1S/C16H17N5O2/c1-8-14(21(2)20-19-8)10-6-11(16(22)23-3)13-12(7-10)17-15(18-13)9-4-5-9/h6-7,9H,4-5H2,1-3H3,(H,17,18). The zero-order valence-electron chi connectivity index (χ0n) is 13.3. The smallest absolute Gasteiger partial charge is 0.340 e. The highest BCUT2D eigenvalue weighted by molar-refractivity contribution is 6.04. The van der Waals surface area contributed by atoms with E-state index in [-0.39, 0.29) is 0 Å². The zero-order chi connectivity index (χ0) is 16.1. The van der Waals surface area contributed by atoms with Crippen molar-refractivity contribution in [3.8, 4) is 11.3 Å². The Bertz CT molecular complexity index is 901. The molecule has 0 spiro atoms. The highest BCUT2D eigenvalue weighted by atomic mass is 16.5. The molecule has 1 N–H and O–H groups in total. The maximum Gasteiger partial charge on any atom is 0.340 e. The Kier molecular flexibility index (Phi) is 2.97. The third kappa shape index (κ3) is 2.19. The van der Waals surface area contributed by atoms with E-state index in [4.69, 9.17) is 4.74 Å². The summed E-state index contributed by atoms with van der Waals surface area (Å²) < 4.78 is 6.64.